The van der Waals surface area contributed by atoms with Crippen molar-refractivity contribution in [3.8, 4) is 5.75 Å². The maximum Gasteiger partial charge on any atom is 0.364 e. The van der Waals surface area contributed by atoms with Crippen LogP contribution < -0.4 is 4.74 Å². The van der Waals surface area contributed by atoms with E-state index in [0.29, 0.717) is 0 Å². The third-order valence-corrected chi connectivity index (χ3v) is 2.26. The molecule has 1 aromatic carbocycles. The molecule has 0 aliphatic carbocycles. The molecule has 0 saturated heterocycles. The summed E-state index contributed by atoms with van der Waals surface area (Å²) < 4.78 is 67.3. The highest BCUT2D eigenvalue weighted by Gasteiger charge is 2.48. The number of benzene rings is 1. The smallest absolute Gasteiger partial charge is 0.364 e. The average molecular weight is 268 g/mol. The Labute approximate surface area is 99.4 Å². The van der Waals surface area contributed by atoms with Crippen molar-refractivity contribution in [1.82, 2.24) is 0 Å². The zero-order chi connectivity index (χ0) is 13.9. The van der Waals surface area contributed by atoms with Gasteiger partial charge in [-0.25, -0.2) is 13.2 Å². The van der Waals surface area contributed by atoms with Crippen LogP contribution in [0.3, 0.4) is 0 Å². The highest BCUT2D eigenvalue weighted by atomic mass is 19.3. The Morgan fingerprint density at radius 1 is 1.39 bits per heavy atom. The van der Waals surface area contributed by atoms with Crippen molar-refractivity contribution in [3.05, 3.63) is 29.6 Å². The number of ketones is 1. The summed E-state index contributed by atoms with van der Waals surface area (Å²) in [5, 5.41) is 0. The van der Waals surface area contributed by atoms with Crippen LogP contribution in [-0.2, 0) is 11.2 Å². The summed E-state index contributed by atoms with van der Waals surface area (Å²) in [6.45, 7) is 0. The molecule has 18 heavy (non-hydrogen) atoms. The summed E-state index contributed by atoms with van der Waals surface area (Å²) in [7, 11) is 1.15. The Morgan fingerprint density at radius 3 is 2.50 bits per heavy atom. The minimum absolute atomic E-state index is 0.249. The topological polar surface area (TPSA) is 26.3 Å². The molecular weight excluding hydrogens is 259 g/mol. The van der Waals surface area contributed by atoms with Gasteiger partial charge in [-0.2, -0.15) is 8.78 Å². The molecule has 0 unspecified atom stereocenters. The number of hydrogen-bond donors (Lipinski definition) is 0. The largest absolute Gasteiger partial charge is 0.494 e. The molecule has 0 N–H and O–H groups in total. The lowest BCUT2D eigenvalue weighted by atomic mass is 10.0. The molecule has 0 amide bonds. The van der Waals surface area contributed by atoms with Crippen molar-refractivity contribution in [2.75, 3.05) is 7.11 Å². The highest BCUT2D eigenvalue weighted by molar-refractivity contribution is 5.88. The van der Waals surface area contributed by atoms with E-state index in [1.165, 1.54) is 12.1 Å². The van der Waals surface area contributed by atoms with Gasteiger partial charge in [0, 0.05) is 6.42 Å². The second-order valence-corrected chi connectivity index (χ2v) is 3.46. The molecule has 0 radical (unpaired) electrons. The number of rotatable bonds is 5. The monoisotopic (exact) mass is 268 g/mol. The van der Waals surface area contributed by atoms with E-state index >= 15 is 0 Å². The van der Waals surface area contributed by atoms with Crippen LogP contribution in [0.5, 0.6) is 5.75 Å². The molecule has 0 fully saturated rings. The number of ether oxygens (including phenoxy) is 1. The minimum Gasteiger partial charge on any atom is -0.494 e. The van der Waals surface area contributed by atoms with Gasteiger partial charge in [0.05, 0.1) is 7.11 Å². The number of carbonyl (C=O) groups excluding carboxylic acids is 1. The van der Waals surface area contributed by atoms with Crippen LogP contribution in [0.2, 0.25) is 0 Å². The Kier molecular flexibility index (Phi) is 4.26. The zero-order valence-electron chi connectivity index (χ0n) is 9.22. The van der Waals surface area contributed by atoms with E-state index in [4.69, 9.17) is 0 Å². The van der Waals surface area contributed by atoms with Gasteiger partial charge < -0.3 is 4.74 Å². The maximum atomic E-state index is 13.5. The van der Waals surface area contributed by atoms with Crippen LogP contribution in [0.4, 0.5) is 22.0 Å². The van der Waals surface area contributed by atoms with Crippen molar-refractivity contribution in [1.29, 1.82) is 0 Å². The van der Waals surface area contributed by atoms with E-state index < -0.39 is 35.9 Å². The summed E-state index contributed by atoms with van der Waals surface area (Å²) in [5.41, 5.74) is -0.417. The Morgan fingerprint density at radius 2 is 2.00 bits per heavy atom. The molecule has 1 aromatic rings. The van der Waals surface area contributed by atoms with Crippen molar-refractivity contribution in [2.45, 2.75) is 18.8 Å². The molecular formula is C11H9F5O2. The normalized spacial score (nSPS) is 11.7. The fraction of sp³-hybridized carbons (Fsp3) is 0.364. The van der Waals surface area contributed by atoms with Gasteiger partial charge in [0.15, 0.2) is 11.6 Å². The summed E-state index contributed by atoms with van der Waals surface area (Å²) in [6, 6.07) is 3.54. The Bertz CT molecular complexity index is 445. The molecule has 0 saturated carbocycles. The van der Waals surface area contributed by atoms with Crippen LogP contribution in [0.1, 0.15) is 5.56 Å². The van der Waals surface area contributed by atoms with Crippen molar-refractivity contribution in [3.63, 3.8) is 0 Å². The predicted molar refractivity (Wildman–Crippen MR) is 52.6 cm³/mol. The lowest BCUT2D eigenvalue weighted by molar-refractivity contribution is -0.166. The standard InChI is InChI=1S/C11H9F5O2/c1-18-7-4-2-3-6(9(7)12)5-8(17)11(15,16)10(13)14/h2-4,10H,5H2,1H3. The fourth-order valence-electron chi connectivity index (χ4n) is 1.26. The minimum atomic E-state index is -4.78. The first-order valence-corrected chi connectivity index (χ1v) is 4.81. The van der Waals surface area contributed by atoms with Crippen LogP contribution in [-0.4, -0.2) is 25.2 Å². The summed E-state index contributed by atoms with van der Waals surface area (Å²) in [4.78, 5) is 11.0. The van der Waals surface area contributed by atoms with E-state index in [2.05, 4.69) is 4.74 Å². The predicted octanol–water partition coefficient (Wildman–Crippen LogP) is 2.85. The van der Waals surface area contributed by atoms with E-state index in [1.54, 1.807) is 0 Å². The van der Waals surface area contributed by atoms with E-state index in [1.807, 2.05) is 0 Å². The van der Waals surface area contributed by atoms with Gasteiger partial charge >= 0.3 is 12.3 Å². The first kappa shape index (κ1) is 14.4. The molecule has 2 nitrogen and oxygen atoms in total. The van der Waals surface area contributed by atoms with Gasteiger partial charge in [-0.15, -0.1) is 0 Å². The molecule has 1 rings (SSSR count). The number of carbonyl (C=O) groups is 1. The van der Waals surface area contributed by atoms with E-state index in [0.717, 1.165) is 13.2 Å². The summed E-state index contributed by atoms with van der Waals surface area (Å²) in [6.07, 6.45) is -5.24. The summed E-state index contributed by atoms with van der Waals surface area (Å²) >= 11 is 0. The maximum absolute atomic E-state index is 13.5. The first-order valence-electron chi connectivity index (χ1n) is 4.81. The molecule has 0 heterocycles. The van der Waals surface area contributed by atoms with Gasteiger partial charge in [0.2, 0.25) is 5.78 Å². The molecule has 0 aliphatic rings. The molecule has 0 bridgehead atoms. The second kappa shape index (κ2) is 5.32. The van der Waals surface area contributed by atoms with Crippen LogP contribution in [0.15, 0.2) is 18.2 Å². The molecule has 100 valence electrons. The van der Waals surface area contributed by atoms with Crippen LogP contribution >= 0.6 is 0 Å². The van der Waals surface area contributed by atoms with Crippen LogP contribution in [0, 0.1) is 5.82 Å². The number of halogens is 5. The fourth-order valence-corrected chi connectivity index (χ4v) is 1.26. The lowest BCUT2D eigenvalue weighted by Gasteiger charge is -2.14. The summed E-state index contributed by atoms with van der Waals surface area (Å²) in [5.74, 6) is -8.08. The second-order valence-electron chi connectivity index (χ2n) is 3.46. The van der Waals surface area contributed by atoms with Crippen molar-refractivity contribution < 1.29 is 31.5 Å². The van der Waals surface area contributed by atoms with E-state index in [9.17, 15) is 26.7 Å². The molecule has 0 atom stereocenters. The third-order valence-electron chi connectivity index (χ3n) is 2.26. The van der Waals surface area contributed by atoms with Gasteiger partial charge in [0.1, 0.15) is 0 Å². The SMILES string of the molecule is COc1cccc(CC(=O)C(F)(F)C(F)F)c1F. The Balaban J connectivity index is 2.96. The third kappa shape index (κ3) is 2.77. The van der Waals surface area contributed by atoms with Gasteiger partial charge in [-0.1, -0.05) is 12.1 Å². The molecule has 0 spiro atoms. The number of alkyl halides is 4. The first-order chi connectivity index (χ1) is 8.30. The van der Waals surface area contributed by atoms with Gasteiger partial charge in [-0.05, 0) is 11.6 Å². The highest BCUT2D eigenvalue weighted by Crippen LogP contribution is 2.27. The van der Waals surface area contributed by atoms with Gasteiger partial charge in [-0.3, -0.25) is 4.79 Å². The molecule has 7 heteroatoms. The van der Waals surface area contributed by atoms with Gasteiger partial charge in [0.25, 0.3) is 0 Å². The van der Waals surface area contributed by atoms with E-state index in [-0.39, 0.29) is 5.75 Å². The number of methoxy groups -OCH3 is 1. The van der Waals surface area contributed by atoms with Crippen molar-refractivity contribution in [2.24, 2.45) is 0 Å². The lowest BCUT2D eigenvalue weighted by Crippen LogP contribution is -2.37. The van der Waals surface area contributed by atoms with Crippen LogP contribution in [0.25, 0.3) is 0 Å². The average Bonchev–Trinajstić information content (AvgIpc) is 2.31. The molecule has 0 aromatic heterocycles. The number of Topliss-reactive ketones (excluding diaryl/α,β-unsaturated/α-hetero) is 1. The Hall–Kier alpha value is -1.66. The zero-order valence-corrected chi connectivity index (χ0v) is 9.22. The number of hydrogen-bond acceptors (Lipinski definition) is 2. The van der Waals surface area contributed by atoms with Crippen molar-refractivity contribution >= 4 is 5.78 Å². The molecule has 0 aliphatic heterocycles. The quantitative estimate of drug-likeness (QED) is 0.767.